The molecule has 736 valence electrons. The Labute approximate surface area is 841 Å². The molecule has 0 unspecified atom stereocenters. The van der Waals surface area contributed by atoms with Crippen LogP contribution >= 0.6 is 11.3 Å². The van der Waals surface area contributed by atoms with Crippen molar-refractivity contribution < 1.29 is 58.0 Å². The summed E-state index contributed by atoms with van der Waals surface area (Å²) in [6.45, 7) is 24.1. The van der Waals surface area contributed by atoms with Gasteiger partial charge >= 0.3 is 23.9 Å². The largest absolute Gasteiger partial charge is 0.341 e. The second kappa shape index (κ2) is 45.7. The number of nitro groups is 2. The number of carbonyl (C=O) groups excluding carboxylic acids is 6. The van der Waals surface area contributed by atoms with Crippen LogP contribution in [0.3, 0.4) is 0 Å². The van der Waals surface area contributed by atoms with Crippen LogP contribution in [0.4, 0.5) is 11.4 Å². The maximum atomic E-state index is 13.8. The molecule has 0 bridgehead atoms. The Bertz CT molecular complexity index is 7810. The summed E-state index contributed by atoms with van der Waals surface area (Å²) in [7, 11) is 0. The normalized spacial score (nSPS) is 13.7. The third kappa shape index (κ3) is 22.1. The molecule has 4 aromatic heterocycles. The van der Waals surface area contributed by atoms with Gasteiger partial charge in [-0.2, -0.15) is 0 Å². The summed E-state index contributed by atoms with van der Waals surface area (Å²) in [6.07, 6.45) is 22.1. The zero-order valence-electron chi connectivity index (χ0n) is 83.8. The Morgan fingerprint density at radius 3 is 1.40 bits per heavy atom. The zero-order valence-corrected chi connectivity index (χ0v) is 84.6. The molecule has 0 atom stereocenters. The number of benzene rings is 12. The summed E-state index contributed by atoms with van der Waals surface area (Å²) in [4.78, 5) is 117. The van der Waals surface area contributed by atoms with E-state index in [1.54, 1.807) is 24.3 Å². The molecule has 0 amide bonds. The summed E-state index contributed by atoms with van der Waals surface area (Å²) in [5.74, 6) is -0.324. The minimum absolute atomic E-state index is 0.0147. The number of aryl methyl sites for hydroxylation is 3. The number of non-ortho nitro benzene ring substituents is 2. The number of hydrogen-bond acceptors (Lipinski definition) is 19. The van der Waals surface area contributed by atoms with E-state index in [0.29, 0.717) is 51.9 Å². The highest BCUT2D eigenvalue weighted by Crippen LogP contribution is 2.56. The van der Waals surface area contributed by atoms with E-state index in [9.17, 15) is 49.0 Å². The van der Waals surface area contributed by atoms with Crippen LogP contribution in [-0.2, 0) is 63.6 Å². The second-order valence-corrected chi connectivity index (χ2v) is 39.0. The molecule has 0 radical (unpaired) electrons. The van der Waals surface area contributed by atoms with E-state index in [2.05, 4.69) is 137 Å². The topological polar surface area (TPSA) is 290 Å². The molecule has 2 fully saturated rings. The zero-order chi connectivity index (χ0) is 102. The average molecular weight is 1950 g/mol. The molecule has 0 N–H and O–H groups in total. The van der Waals surface area contributed by atoms with Gasteiger partial charge in [-0.05, 0) is 238 Å². The first-order valence-electron chi connectivity index (χ1n) is 50.1. The minimum Gasteiger partial charge on any atom is -0.341 e. The van der Waals surface area contributed by atoms with Gasteiger partial charge in [0.2, 0.25) is 5.78 Å². The Morgan fingerprint density at radius 1 is 0.424 bits per heavy atom. The highest BCUT2D eigenvalue weighted by atomic mass is 32.1. The van der Waals surface area contributed by atoms with Crippen molar-refractivity contribution in [3.63, 3.8) is 0 Å². The molecule has 0 saturated heterocycles. The second-order valence-electron chi connectivity index (χ2n) is 38.1. The van der Waals surface area contributed by atoms with Gasteiger partial charge in [-0.25, -0.2) is 19.2 Å². The lowest BCUT2D eigenvalue weighted by Gasteiger charge is -2.32. The van der Waals surface area contributed by atoms with E-state index >= 15 is 0 Å². The number of fused-ring (bicyclic) bond motifs is 15. The predicted molar refractivity (Wildman–Crippen MR) is 578 cm³/mol. The molecule has 144 heavy (non-hydrogen) atoms. The minimum atomic E-state index is -0.516. The summed E-state index contributed by atoms with van der Waals surface area (Å²) < 4.78 is 6.75. The van der Waals surface area contributed by atoms with E-state index in [4.69, 9.17) is 19.4 Å². The molecular formula is C120H121N9O14S. The van der Waals surface area contributed by atoms with Crippen molar-refractivity contribution in [1.29, 1.82) is 0 Å². The number of oxime groups is 4. The third-order valence-electron chi connectivity index (χ3n) is 28.3. The van der Waals surface area contributed by atoms with Crippen LogP contribution in [0.5, 0.6) is 0 Å². The van der Waals surface area contributed by atoms with E-state index in [0.717, 1.165) is 225 Å². The van der Waals surface area contributed by atoms with Crippen molar-refractivity contribution in [2.75, 3.05) is 0 Å². The van der Waals surface area contributed by atoms with Crippen LogP contribution in [0, 0.1) is 39.0 Å². The van der Waals surface area contributed by atoms with Gasteiger partial charge in [0, 0.05) is 175 Å². The fraction of sp³-hybridized carbons (Fsp3) is 0.300. The molecule has 16 aromatic rings. The number of ketones is 2. The maximum Gasteiger partial charge on any atom is 0.332 e. The molecule has 23 nitrogen and oxygen atoms in total. The van der Waals surface area contributed by atoms with Gasteiger partial charge in [0.15, 0.2) is 5.78 Å². The molecule has 24 heteroatoms. The van der Waals surface area contributed by atoms with Crippen LogP contribution in [-0.4, -0.2) is 81.8 Å². The van der Waals surface area contributed by atoms with Crippen molar-refractivity contribution in [2.45, 2.75) is 224 Å². The van der Waals surface area contributed by atoms with Crippen LogP contribution in [0.2, 0.25) is 0 Å². The summed E-state index contributed by atoms with van der Waals surface area (Å²) in [5.41, 5.74) is 22.0. The van der Waals surface area contributed by atoms with Gasteiger partial charge in [-0.1, -0.05) is 244 Å². The van der Waals surface area contributed by atoms with E-state index in [-0.39, 0.29) is 38.2 Å². The Kier molecular flexibility index (Phi) is 32.3. The molecule has 3 aliphatic rings. The van der Waals surface area contributed by atoms with Crippen LogP contribution in [0.25, 0.3) is 98.1 Å². The van der Waals surface area contributed by atoms with Crippen molar-refractivity contribution in [3.05, 3.63) is 340 Å². The number of carbonyl (C=O) groups is 6. The number of rotatable bonds is 31. The quantitative estimate of drug-likeness (QED) is 0.00975. The number of unbranched alkanes of at least 4 members (excludes halogenated alkanes) is 2. The molecule has 0 spiro atoms. The Hall–Kier alpha value is -15.3. The van der Waals surface area contributed by atoms with Crippen LogP contribution in [0.15, 0.2) is 274 Å². The molecule has 0 aliphatic heterocycles. The van der Waals surface area contributed by atoms with E-state index in [1.807, 2.05) is 177 Å². The SMILES string of the molecule is CC(=O)O/N=C(/c1ccc2c(c1)c1cc([N+](=O)[O-])c3ccccc3c1n2CC=C(C)C)c1ccccc1C.CCCCC1(CCCC)c2cc(/C(C)=N\OC(C)=O)ccc2-c2ccc([N+](=O)[O-])cc21.CCn1c2ccc(C(=O)c3cccc4ccccc34)cc2c2cc(/C(CCC3CCCC3)=N/OC(C)=O)ccc21.CCn1c2ccc(C(=O)c3cccs3)cc2c2cc(/C(CCC3CCCC3)=N/OC(C)=O)ccc21. The number of nitrogens with zero attached hydrogens (tertiary/aromatic N) is 9. The molecule has 3 aliphatic carbocycles. The van der Waals surface area contributed by atoms with Crippen LogP contribution in [0.1, 0.15) is 267 Å². The number of thiophene rings is 1. The highest BCUT2D eigenvalue weighted by molar-refractivity contribution is 7.12. The monoisotopic (exact) mass is 1940 g/mol. The van der Waals surface area contributed by atoms with Crippen LogP contribution < -0.4 is 0 Å². The lowest BCUT2D eigenvalue weighted by atomic mass is 9.70. The van der Waals surface area contributed by atoms with Crippen molar-refractivity contribution in [1.82, 2.24) is 13.7 Å². The van der Waals surface area contributed by atoms with E-state index in [1.165, 1.54) is 102 Å². The molecule has 12 aromatic carbocycles. The van der Waals surface area contributed by atoms with Crippen molar-refractivity contribution >= 4 is 168 Å². The predicted octanol–water partition coefficient (Wildman–Crippen LogP) is 29.8. The van der Waals surface area contributed by atoms with Gasteiger partial charge < -0.3 is 33.1 Å². The highest BCUT2D eigenvalue weighted by Gasteiger charge is 2.44. The van der Waals surface area contributed by atoms with Crippen molar-refractivity contribution in [3.8, 4) is 11.1 Å². The fourth-order valence-corrected chi connectivity index (χ4v) is 21.9. The Morgan fingerprint density at radius 2 is 0.875 bits per heavy atom. The average Bonchev–Trinajstić information content (AvgIpc) is 1.55. The van der Waals surface area contributed by atoms with Gasteiger partial charge in [0.05, 0.1) is 42.8 Å². The summed E-state index contributed by atoms with van der Waals surface area (Å²) >= 11 is 1.46. The number of allylic oxidation sites excluding steroid dienone is 2. The van der Waals surface area contributed by atoms with E-state index < -0.39 is 23.9 Å². The molecule has 2 saturated carbocycles. The smallest absolute Gasteiger partial charge is 0.332 e. The standard InChI is InChI=1S/C35H34N2O3.C31H27N3O4.C29H30N2O3S.C25H30N2O4/c1-3-37-33-19-16-26(32(36-40-23(2)38)18-15-24-9-4-5-10-24)21-30(33)31-22-27(17-20-34(31)37)35(39)29-14-8-12-25-11-6-7-13-28(25)29;1-19(2)15-16-33-28-14-13-22(30(32-38-21(4)35)23-10-6-5-9-20(23)3)17-26(28)27-18-29(34(36)37)24-11-7-8-12-25(24)31(27)33;1-3-31-26-14-11-21(25(30-34-19(2)32)13-10-20-7-4-5-8-20)17-23(26)24-18-22(12-15-27(24)31)29(33)28-9-6-16-35-28;1-5-7-13-25(14-8-6-2)23-15-19(17(3)26-31-18(4)28)9-11-21(23)22-12-10-20(27(29)30)16-24(22)25/h6-8,11-14,16-17,19-22,24H,3-5,9-10,15,18H2,1-2H3;5-15,17-18H,16H2,1-4H3;6,9,11-12,14-18,20H,3-5,7-8,10,13H2,1-2H3;9-12,15-16H,5-8,13-14H2,1-4H3/b36-32+;32-30-;30-25+;26-17-. The third-order valence-corrected chi connectivity index (χ3v) is 29.2. The summed E-state index contributed by atoms with van der Waals surface area (Å²) in [5, 5.41) is 51.6. The number of hydrogen-bond donors (Lipinski definition) is 0. The lowest BCUT2D eigenvalue weighted by Crippen LogP contribution is -2.26. The maximum absolute atomic E-state index is 13.8. The first-order valence-corrected chi connectivity index (χ1v) is 51.0. The number of nitro benzene ring substituents is 2. The van der Waals surface area contributed by atoms with Gasteiger partial charge in [-0.3, -0.25) is 29.8 Å². The molecule has 19 rings (SSSR count). The van der Waals surface area contributed by atoms with Gasteiger partial charge in [0.25, 0.3) is 11.4 Å². The summed E-state index contributed by atoms with van der Waals surface area (Å²) in [6, 6.07) is 76.6. The Balaban J connectivity index is 0.000000138. The van der Waals surface area contributed by atoms with Gasteiger partial charge in [0.1, 0.15) is 5.71 Å². The first kappa shape index (κ1) is 102. The first-order chi connectivity index (χ1) is 69.7. The molecular weight excluding hydrogens is 1820 g/mol. The van der Waals surface area contributed by atoms with Crippen molar-refractivity contribution in [2.24, 2.45) is 32.5 Å². The lowest BCUT2D eigenvalue weighted by molar-refractivity contribution is -0.385. The van der Waals surface area contributed by atoms with Gasteiger partial charge in [-0.15, -0.1) is 11.3 Å². The fourth-order valence-electron chi connectivity index (χ4n) is 21.2. The number of aromatic nitrogens is 3. The molecule has 4 heterocycles.